The minimum absolute atomic E-state index is 0.0579. The zero-order valence-corrected chi connectivity index (χ0v) is 21.8. The lowest BCUT2D eigenvalue weighted by Gasteiger charge is -2.45. The molecule has 33 heavy (non-hydrogen) atoms. The lowest BCUT2D eigenvalue weighted by Crippen LogP contribution is -2.67. The van der Waals surface area contributed by atoms with Gasteiger partial charge in [0.05, 0.1) is 19.2 Å². The van der Waals surface area contributed by atoms with Gasteiger partial charge in [-0.1, -0.05) is 81.4 Å². The SMILES string of the molecule is CC(C)(C)OC(=O)N1CC(=O)CC[C@H]1CO[Si](c1ccccc1)(c1ccccc1)C(C)(C)C. The molecule has 0 saturated carbocycles. The molecular weight excluding hydrogens is 430 g/mol. The van der Waals surface area contributed by atoms with Crippen molar-refractivity contribution in [2.45, 2.75) is 71.1 Å². The highest BCUT2D eigenvalue weighted by Gasteiger charge is 2.51. The normalized spacial score (nSPS) is 17.7. The van der Waals surface area contributed by atoms with Gasteiger partial charge in [0.1, 0.15) is 5.60 Å². The number of nitrogens with zero attached hydrogens (tertiary/aromatic N) is 1. The lowest BCUT2D eigenvalue weighted by molar-refractivity contribution is -0.124. The Hall–Kier alpha value is -2.44. The molecule has 0 aliphatic carbocycles. The number of ketones is 1. The van der Waals surface area contributed by atoms with E-state index in [0.717, 1.165) is 0 Å². The number of hydrogen-bond acceptors (Lipinski definition) is 4. The molecule has 0 radical (unpaired) electrons. The monoisotopic (exact) mass is 467 g/mol. The molecule has 1 aliphatic rings. The summed E-state index contributed by atoms with van der Waals surface area (Å²) in [7, 11) is -2.73. The van der Waals surface area contributed by atoms with Crippen LogP contribution in [0.25, 0.3) is 0 Å². The van der Waals surface area contributed by atoms with Crippen LogP contribution in [0.2, 0.25) is 5.04 Å². The number of likely N-dealkylation sites (tertiary alicyclic amines) is 1. The molecule has 1 atom stereocenters. The number of ether oxygens (including phenoxy) is 1. The topological polar surface area (TPSA) is 55.8 Å². The number of carbonyl (C=O) groups is 2. The van der Waals surface area contributed by atoms with E-state index in [4.69, 9.17) is 9.16 Å². The van der Waals surface area contributed by atoms with Gasteiger partial charge in [-0.2, -0.15) is 0 Å². The van der Waals surface area contributed by atoms with Crippen molar-refractivity contribution in [3.8, 4) is 0 Å². The van der Waals surface area contributed by atoms with Crippen LogP contribution in [0.5, 0.6) is 0 Å². The molecule has 0 unspecified atom stereocenters. The summed E-state index contributed by atoms with van der Waals surface area (Å²) < 4.78 is 12.6. The van der Waals surface area contributed by atoms with Crippen molar-refractivity contribution in [1.82, 2.24) is 4.90 Å². The van der Waals surface area contributed by atoms with E-state index in [9.17, 15) is 9.59 Å². The third-order valence-corrected chi connectivity index (χ3v) is 11.1. The van der Waals surface area contributed by atoms with E-state index in [1.54, 1.807) is 4.90 Å². The summed E-state index contributed by atoms with van der Waals surface area (Å²) in [6, 6.07) is 20.7. The Kier molecular flexibility index (Phi) is 7.49. The molecule has 178 valence electrons. The van der Waals surface area contributed by atoms with Gasteiger partial charge in [-0.3, -0.25) is 9.69 Å². The molecule has 1 fully saturated rings. The number of benzene rings is 2. The van der Waals surface area contributed by atoms with E-state index in [2.05, 4.69) is 69.3 Å². The maximum Gasteiger partial charge on any atom is 0.411 e. The number of Topliss-reactive ketones (excluding diaryl/α,β-unsaturated/α-hetero) is 1. The second kappa shape index (κ2) is 9.81. The first-order valence-corrected chi connectivity index (χ1v) is 13.6. The average molecular weight is 468 g/mol. The lowest BCUT2D eigenvalue weighted by atomic mass is 10.0. The van der Waals surface area contributed by atoms with Gasteiger partial charge in [0, 0.05) is 6.42 Å². The molecule has 6 heteroatoms. The average Bonchev–Trinajstić information content (AvgIpc) is 2.74. The highest BCUT2D eigenvalue weighted by Crippen LogP contribution is 2.37. The highest BCUT2D eigenvalue weighted by molar-refractivity contribution is 6.99. The smallest absolute Gasteiger partial charge is 0.411 e. The van der Waals surface area contributed by atoms with Crippen molar-refractivity contribution in [2.24, 2.45) is 0 Å². The summed E-state index contributed by atoms with van der Waals surface area (Å²) in [6.07, 6.45) is 0.580. The largest absolute Gasteiger partial charge is 0.444 e. The molecule has 2 aromatic rings. The Morgan fingerprint density at radius 2 is 1.45 bits per heavy atom. The van der Waals surface area contributed by atoms with E-state index in [1.165, 1.54) is 10.4 Å². The molecule has 1 aliphatic heterocycles. The Bertz CT molecular complexity index is 908. The molecule has 5 nitrogen and oxygen atoms in total. The molecule has 0 aromatic heterocycles. The van der Waals surface area contributed by atoms with Gasteiger partial charge in [0.15, 0.2) is 5.78 Å². The highest BCUT2D eigenvalue weighted by atomic mass is 28.4. The number of carbonyl (C=O) groups excluding carboxylic acids is 2. The minimum atomic E-state index is -2.73. The van der Waals surface area contributed by atoms with E-state index >= 15 is 0 Å². The molecule has 0 spiro atoms. The van der Waals surface area contributed by atoms with Gasteiger partial charge < -0.3 is 9.16 Å². The van der Waals surface area contributed by atoms with Gasteiger partial charge in [-0.05, 0) is 42.6 Å². The molecule has 0 bridgehead atoms. The maximum absolute atomic E-state index is 12.9. The van der Waals surface area contributed by atoms with Crippen LogP contribution in [0.15, 0.2) is 60.7 Å². The van der Waals surface area contributed by atoms with Crippen LogP contribution < -0.4 is 10.4 Å². The van der Waals surface area contributed by atoms with E-state index in [1.807, 2.05) is 32.9 Å². The zero-order chi connectivity index (χ0) is 24.3. The molecule has 1 amide bonds. The summed E-state index contributed by atoms with van der Waals surface area (Å²) in [6.45, 7) is 12.6. The van der Waals surface area contributed by atoms with Crippen LogP contribution >= 0.6 is 0 Å². The predicted octanol–water partition coefficient (Wildman–Crippen LogP) is 4.53. The Labute approximate surface area is 199 Å². The van der Waals surface area contributed by atoms with E-state index in [-0.39, 0.29) is 23.4 Å². The predicted molar refractivity (Wildman–Crippen MR) is 135 cm³/mol. The van der Waals surface area contributed by atoms with Crippen LogP contribution in [0.4, 0.5) is 4.79 Å². The van der Waals surface area contributed by atoms with E-state index < -0.39 is 20.0 Å². The second-order valence-corrected chi connectivity index (χ2v) is 15.1. The summed E-state index contributed by atoms with van der Waals surface area (Å²) >= 11 is 0. The number of piperidine rings is 1. The van der Waals surface area contributed by atoms with Gasteiger partial charge >= 0.3 is 6.09 Å². The molecule has 0 N–H and O–H groups in total. The third kappa shape index (κ3) is 5.74. The summed E-state index contributed by atoms with van der Waals surface area (Å²) in [5.41, 5.74) is -0.624. The van der Waals surface area contributed by atoms with Crippen molar-refractivity contribution in [3.63, 3.8) is 0 Å². The fourth-order valence-electron chi connectivity index (χ4n) is 4.57. The van der Waals surface area contributed by atoms with Crippen molar-refractivity contribution >= 4 is 30.6 Å². The van der Waals surface area contributed by atoms with Gasteiger partial charge in [-0.15, -0.1) is 0 Å². The van der Waals surface area contributed by atoms with Crippen molar-refractivity contribution in [1.29, 1.82) is 0 Å². The standard InChI is InChI=1S/C27H37NO4Si/c1-26(2,3)32-25(30)28-19-22(29)18-17-21(28)20-31-33(27(4,5)6,23-13-9-7-10-14-23)24-15-11-8-12-16-24/h7-16,21H,17-20H2,1-6H3/t21-/m0/s1. The summed E-state index contributed by atoms with van der Waals surface area (Å²) in [5.74, 6) is 0.0579. The van der Waals surface area contributed by atoms with Gasteiger partial charge in [0.25, 0.3) is 8.32 Å². The number of hydrogen-bond donors (Lipinski definition) is 0. The van der Waals surface area contributed by atoms with Crippen LogP contribution in [0, 0.1) is 0 Å². The summed E-state index contributed by atoms with van der Waals surface area (Å²) in [4.78, 5) is 26.7. The molecule has 1 heterocycles. The Morgan fingerprint density at radius 1 is 0.939 bits per heavy atom. The maximum atomic E-state index is 12.9. The number of rotatable bonds is 5. The van der Waals surface area contributed by atoms with Gasteiger partial charge in [0.2, 0.25) is 0 Å². The Balaban J connectivity index is 1.98. The van der Waals surface area contributed by atoms with Crippen LogP contribution in [-0.4, -0.2) is 49.9 Å². The van der Waals surface area contributed by atoms with Crippen molar-refractivity contribution < 1.29 is 18.8 Å². The van der Waals surface area contributed by atoms with Crippen LogP contribution in [0.3, 0.4) is 0 Å². The first-order valence-electron chi connectivity index (χ1n) is 11.7. The molecule has 1 saturated heterocycles. The minimum Gasteiger partial charge on any atom is -0.444 e. The van der Waals surface area contributed by atoms with Gasteiger partial charge in [-0.25, -0.2) is 4.79 Å². The number of amides is 1. The first-order chi connectivity index (χ1) is 15.4. The van der Waals surface area contributed by atoms with Crippen LogP contribution in [-0.2, 0) is 14.0 Å². The second-order valence-electron chi connectivity index (χ2n) is 10.8. The summed E-state index contributed by atoms with van der Waals surface area (Å²) in [5, 5.41) is 2.23. The molecule has 3 rings (SSSR count). The quantitative estimate of drug-likeness (QED) is 0.606. The van der Waals surface area contributed by atoms with E-state index in [0.29, 0.717) is 19.4 Å². The van der Waals surface area contributed by atoms with Crippen LogP contribution in [0.1, 0.15) is 54.4 Å². The van der Waals surface area contributed by atoms with Crippen molar-refractivity contribution in [3.05, 3.63) is 60.7 Å². The fraction of sp³-hybridized carbons (Fsp3) is 0.481. The first kappa shape index (κ1) is 25.2. The van der Waals surface area contributed by atoms with Crippen molar-refractivity contribution in [2.75, 3.05) is 13.2 Å². The molecular formula is C27H37NO4Si. The zero-order valence-electron chi connectivity index (χ0n) is 20.8. The fourth-order valence-corrected chi connectivity index (χ4v) is 9.17. The third-order valence-electron chi connectivity index (χ3n) is 6.08. The Morgan fingerprint density at radius 3 is 1.91 bits per heavy atom. The molecule has 2 aromatic carbocycles.